The summed E-state index contributed by atoms with van der Waals surface area (Å²) in [6.45, 7) is 5.48. The molecule has 0 bridgehead atoms. The average molecular weight is 427 g/mol. The predicted molar refractivity (Wildman–Crippen MR) is 47.1 cm³/mol. The molecule has 0 aromatic rings. The Labute approximate surface area is 73.2 Å². The summed E-state index contributed by atoms with van der Waals surface area (Å²) in [6, 6.07) is 0. The summed E-state index contributed by atoms with van der Waals surface area (Å²) in [5.41, 5.74) is 0. The molecule has 0 aromatic heterocycles. The van der Waals surface area contributed by atoms with Crippen molar-refractivity contribution in [1.29, 1.82) is 0 Å². The van der Waals surface area contributed by atoms with E-state index in [9.17, 15) is 0 Å². The molecule has 2 aliphatic heterocycles. The van der Waals surface area contributed by atoms with Gasteiger partial charge in [0.25, 0.3) is 6.17 Å². The Morgan fingerprint density at radius 3 is 3.00 bits per heavy atom. The Bertz CT molecular complexity index is 237. The van der Waals surface area contributed by atoms with Crippen LogP contribution in [0.3, 0.4) is 0 Å². The van der Waals surface area contributed by atoms with Crippen molar-refractivity contribution >= 4 is 6.34 Å². The Balaban J connectivity index is 0.000000845. The fourth-order valence-corrected chi connectivity index (χ4v) is 2.02. The van der Waals surface area contributed by atoms with E-state index in [2.05, 4.69) is 35.1 Å². The minimum atomic E-state index is 0. The molecule has 0 saturated carbocycles. The second-order valence-electron chi connectivity index (χ2n) is 3.69. The van der Waals surface area contributed by atoms with Crippen molar-refractivity contribution in [2.24, 2.45) is 21.9 Å². The van der Waals surface area contributed by atoms with Crippen molar-refractivity contribution < 1.29 is 4.70 Å². The van der Waals surface area contributed by atoms with E-state index in [1.54, 1.807) is 6.34 Å². The van der Waals surface area contributed by atoms with Gasteiger partial charge in [0.2, 0.25) is 0 Å². The Morgan fingerprint density at radius 1 is 1.54 bits per heavy atom. The molecule has 1 radical (unpaired) electrons. The van der Waals surface area contributed by atoms with Gasteiger partial charge in [-0.2, -0.15) is 11.9 Å². The minimum absolute atomic E-state index is 0. The van der Waals surface area contributed by atoms with Crippen molar-refractivity contribution in [3.8, 4) is 0 Å². The number of aliphatic imine (C=N–C) groups is 1. The van der Waals surface area contributed by atoms with Gasteiger partial charge in [0, 0.05) is 11.5 Å². The van der Waals surface area contributed by atoms with Gasteiger partial charge in [-0.1, -0.05) is 17.5 Å². The number of piperidine rings is 1. The van der Waals surface area contributed by atoms with Crippen LogP contribution in [-0.4, -0.2) is 23.7 Å². The fraction of sp³-hybridized carbons (Fsp3) is 0.778. The number of hydrogen-bond donors (Lipinski definition) is 0. The smallest absolute Gasteiger partial charge is 0.272 e. The summed E-state index contributed by atoms with van der Waals surface area (Å²) in [6.07, 6.45) is 5.47. The van der Waals surface area contributed by atoms with Gasteiger partial charge in [-0.3, -0.25) is 0 Å². The van der Waals surface area contributed by atoms with Crippen LogP contribution in [0, 0.1) is 18.3 Å². The van der Waals surface area contributed by atoms with Gasteiger partial charge >= 0.3 is 0 Å². The maximum atomic E-state index is 4.30. The number of rotatable bonds is 1. The van der Waals surface area contributed by atoms with E-state index < -0.39 is 0 Å². The van der Waals surface area contributed by atoms with Crippen LogP contribution in [-0.2, 0) is 0 Å². The van der Waals surface area contributed by atoms with Crippen molar-refractivity contribution in [3.63, 3.8) is 0 Å². The van der Waals surface area contributed by atoms with Crippen molar-refractivity contribution in [2.75, 3.05) is 6.54 Å². The molecule has 0 aromatic carbocycles. The molecular formula is C9H15LrN3. The normalized spacial score (nSPS) is 36.5. The summed E-state index contributed by atoms with van der Waals surface area (Å²) in [5, 5.41) is 4.21. The summed E-state index contributed by atoms with van der Waals surface area (Å²) in [4.78, 5) is 4.30. The molecular weight excluding hydrogens is 412 g/mol. The number of azo groups is 2. The molecule has 0 N–H and O–H groups in total. The average Bonchev–Trinajstić information content (AvgIpc) is 2.49. The van der Waals surface area contributed by atoms with Crippen LogP contribution < -0.4 is 0 Å². The van der Waals surface area contributed by atoms with Gasteiger partial charge in [0.05, 0.1) is 0 Å². The van der Waals surface area contributed by atoms with Crippen LogP contribution in [0.2, 0.25) is 0 Å². The molecule has 0 aliphatic carbocycles. The number of nitrogens with zero attached hydrogens (tertiary/aromatic N) is 3. The van der Waals surface area contributed by atoms with Crippen LogP contribution >= 0.6 is 0 Å². The summed E-state index contributed by atoms with van der Waals surface area (Å²) >= 11 is 0. The van der Waals surface area contributed by atoms with E-state index >= 15 is 0 Å². The number of fused-ring (bicyclic) bond motifs is 1. The standard InChI is InChI=1S/C9H15N3.Lr/c1-3-8-5-12-9(4-7(8)2)10-6-11-12;/h3,6-9H,4-5H2,1-2H3;. The molecule has 4 heteroatoms. The summed E-state index contributed by atoms with van der Waals surface area (Å²) < 4.78 is 2.10. The first kappa shape index (κ1) is 9.36. The van der Waals surface area contributed by atoms with Crippen molar-refractivity contribution in [2.45, 2.75) is 26.4 Å². The van der Waals surface area contributed by atoms with Crippen LogP contribution in [0.1, 0.15) is 20.3 Å². The van der Waals surface area contributed by atoms with Crippen molar-refractivity contribution in [1.82, 2.24) is 0 Å². The van der Waals surface area contributed by atoms with Gasteiger partial charge in [0.1, 0.15) is 6.54 Å². The zero-order valence-electron chi connectivity index (χ0n) is 7.90. The molecule has 1 fully saturated rings. The van der Waals surface area contributed by atoms with Gasteiger partial charge in [0.15, 0.2) is 6.34 Å². The monoisotopic (exact) mass is 427 g/mol. The molecule has 2 heterocycles. The maximum absolute atomic E-state index is 4.30. The van der Waals surface area contributed by atoms with E-state index in [1.165, 1.54) is 0 Å². The van der Waals surface area contributed by atoms with E-state index in [0.29, 0.717) is 12.1 Å². The molecule has 3 nitrogen and oxygen atoms in total. The zero-order chi connectivity index (χ0) is 8.55. The molecule has 3 atom stereocenters. The van der Waals surface area contributed by atoms with Crippen LogP contribution in [0.25, 0.3) is 0 Å². The van der Waals surface area contributed by atoms with E-state index in [-0.39, 0.29) is 0 Å². The second kappa shape index (κ2) is 3.33. The quantitative estimate of drug-likeness (QED) is 0.451. The molecule has 0 amide bonds. The van der Waals surface area contributed by atoms with E-state index in [0.717, 1.165) is 18.9 Å². The minimum Gasteiger partial charge on any atom is -0.322 e. The molecule has 3 unspecified atom stereocenters. The zero-order valence-corrected chi connectivity index (χ0v) is 10.1. The SMILES string of the molecule is C[CH-]C1C[N+]2=NC=NC2CC1C.[Lr]. The topological polar surface area (TPSA) is 27.7 Å². The first-order valence-electron chi connectivity index (χ1n) is 4.60. The Morgan fingerprint density at radius 2 is 2.31 bits per heavy atom. The molecule has 13 heavy (non-hydrogen) atoms. The van der Waals surface area contributed by atoms with Gasteiger partial charge in [-0.15, -0.1) is 5.92 Å². The van der Waals surface area contributed by atoms with Gasteiger partial charge in [-0.25, -0.2) is 0 Å². The van der Waals surface area contributed by atoms with Crippen LogP contribution in [0.15, 0.2) is 10.1 Å². The van der Waals surface area contributed by atoms with Crippen LogP contribution in [0.5, 0.6) is 0 Å². The second-order valence-corrected chi connectivity index (χ2v) is 3.69. The first-order chi connectivity index (χ1) is 5.81. The Kier molecular flexibility index (Phi) is 2.40. The summed E-state index contributed by atoms with van der Waals surface area (Å²) in [7, 11) is 0. The first-order valence-corrected chi connectivity index (χ1v) is 4.60. The summed E-state index contributed by atoms with van der Waals surface area (Å²) in [5.74, 6) is 1.44. The predicted octanol–water partition coefficient (Wildman–Crippen LogP) is 1.70. The van der Waals surface area contributed by atoms with E-state index in [4.69, 9.17) is 0 Å². The van der Waals surface area contributed by atoms with E-state index in [1.807, 2.05) is 0 Å². The molecule has 0 spiro atoms. The largest absolute Gasteiger partial charge is 0.322 e. The molecule has 1 saturated heterocycles. The van der Waals surface area contributed by atoms with Crippen molar-refractivity contribution in [3.05, 3.63) is 6.42 Å². The van der Waals surface area contributed by atoms with Gasteiger partial charge in [-0.05, 0) is 0 Å². The maximum Gasteiger partial charge on any atom is 0.272 e. The Hall–Kier alpha value is -1.73. The molecule has 2 aliphatic rings. The fourth-order valence-electron chi connectivity index (χ4n) is 2.02. The molecule has 81 valence electrons. The third-order valence-electron chi connectivity index (χ3n) is 2.92. The van der Waals surface area contributed by atoms with Crippen LogP contribution in [0.4, 0.5) is 0 Å². The van der Waals surface area contributed by atoms with Gasteiger partial charge < -0.3 is 6.42 Å². The number of hydrogen-bond acceptors (Lipinski definition) is 2. The third kappa shape index (κ3) is 1.42. The molecule has 2 rings (SSSR count). The third-order valence-corrected chi connectivity index (χ3v) is 2.92.